The van der Waals surface area contributed by atoms with Crippen molar-refractivity contribution in [3.05, 3.63) is 56.2 Å². The molecule has 2 aromatic rings. The smallest absolute Gasteiger partial charge is 0.0965 e. The van der Waals surface area contributed by atoms with Gasteiger partial charge < -0.3 is 10.8 Å². The average molecular weight is 340 g/mol. The standard InChI is InChI=1S/C15H18BrNOS/c1-2-10-6-7-19-15(10)14(18)13(9-17)11-4-3-5-12(16)8-11/h3-8,13-14,18H,2,9,17H2,1H3. The second-order valence-corrected chi connectivity index (χ2v) is 6.37. The van der Waals surface area contributed by atoms with E-state index in [1.807, 2.05) is 29.6 Å². The minimum absolute atomic E-state index is 0.0681. The number of hydrogen-bond acceptors (Lipinski definition) is 3. The van der Waals surface area contributed by atoms with E-state index in [-0.39, 0.29) is 5.92 Å². The zero-order chi connectivity index (χ0) is 13.8. The summed E-state index contributed by atoms with van der Waals surface area (Å²) >= 11 is 5.07. The molecule has 0 saturated heterocycles. The van der Waals surface area contributed by atoms with Crippen LogP contribution < -0.4 is 5.73 Å². The van der Waals surface area contributed by atoms with E-state index in [0.29, 0.717) is 6.54 Å². The third-order valence-corrected chi connectivity index (χ3v) is 4.87. The van der Waals surface area contributed by atoms with Crippen LogP contribution in [0.15, 0.2) is 40.2 Å². The van der Waals surface area contributed by atoms with E-state index < -0.39 is 6.10 Å². The molecule has 2 rings (SSSR count). The Bertz CT molecular complexity index is 540. The van der Waals surface area contributed by atoms with Crippen LogP contribution >= 0.6 is 27.3 Å². The molecular weight excluding hydrogens is 322 g/mol. The van der Waals surface area contributed by atoms with Crippen molar-refractivity contribution < 1.29 is 5.11 Å². The van der Waals surface area contributed by atoms with Crippen molar-refractivity contribution in [3.8, 4) is 0 Å². The minimum Gasteiger partial charge on any atom is -0.387 e. The first kappa shape index (κ1) is 14.7. The van der Waals surface area contributed by atoms with E-state index in [4.69, 9.17) is 5.73 Å². The molecule has 2 atom stereocenters. The van der Waals surface area contributed by atoms with E-state index in [9.17, 15) is 5.11 Å². The van der Waals surface area contributed by atoms with E-state index in [1.54, 1.807) is 11.3 Å². The maximum absolute atomic E-state index is 10.6. The molecule has 4 heteroatoms. The molecular formula is C15H18BrNOS. The van der Waals surface area contributed by atoms with Gasteiger partial charge in [-0.3, -0.25) is 0 Å². The number of nitrogens with two attached hydrogens (primary N) is 1. The lowest BCUT2D eigenvalue weighted by Gasteiger charge is -2.22. The van der Waals surface area contributed by atoms with Crippen LogP contribution in [0.1, 0.15) is 34.9 Å². The summed E-state index contributed by atoms with van der Waals surface area (Å²) in [5.74, 6) is -0.0681. The molecule has 102 valence electrons. The number of hydrogen-bond donors (Lipinski definition) is 2. The second-order valence-electron chi connectivity index (χ2n) is 4.51. The van der Waals surface area contributed by atoms with Crippen molar-refractivity contribution >= 4 is 27.3 Å². The van der Waals surface area contributed by atoms with Crippen LogP contribution in [0.3, 0.4) is 0 Å². The third-order valence-electron chi connectivity index (χ3n) is 3.34. The van der Waals surface area contributed by atoms with Gasteiger partial charge >= 0.3 is 0 Å². The highest BCUT2D eigenvalue weighted by molar-refractivity contribution is 9.10. The van der Waals surface area contributed by atoms with Crippen LogP contribution in [0.25, 0.3) is 0 Å². The van der Waals surface area contributed by atoms with Crippen LogP contribution in [-0.2, 0) is 6.42 Å². The van der Waals surface area contributed by atoms with Gasteiger partial charge in [-0.15, -0.1) is 11.3 Å². The molecule has 1 heterocycles. The molecule has 0 aliphatic heterocycles. The molecule has 2 nitrogen and oxygen atoms in total. The Morgan fingerprint density at radius 2 is 2.16 bits per heavy atom. The van der Waals surface area contributed by atoms with Gasteiger partial charge in [-0.05, 0) is 41.1 Å². The van der Waals surface area contributed by atoms with Crippen molar-refractivity contribution in [2.75, 3.05) is 6.54 Å². The molecule has 0 fully saturated rings. The number of rotatable bonds is 5. The zero-order valence-electron chi connectivity index (χ0n) is 10.8. The van der Waals surface area contributed by atoms with Gasteiger partial charge in [0, 0.05) is 21.8 Å². The van der Waals surface area contributed by atoms with Crippen LogP contribution in [0.4, 0.5) is 0 Å². The van der Waals surface area contributed by atoms with E-state index in [2.05, 4.69) is 28.9 Å². The van der Waals surface area contributed by atoms with Gasteiger partial charge in [0.25, 0.3) is 0 Å². The number of aliphatic hydroxyl groups is 1. The Labute approximate surface area is 126 Å². The monoisotopic (exact) mass is 339 g/mol. The molecule has 0 aliphatic carbocycles. The van der Waals surface area contributed by atoms with Gasteiger partial charge in [-0.1, -0.05) is 35.0 Å². The molecule has 0 saturated carbocycles. The lowest BCUT2D eigenvalue weighted by molar-refractivity contribution is 0.150. The van der Waals surface area contributed by atoms with Crippen molar-refractivity contribution in [2.45, 2.75) is 25.4 Å². The molecule has 3 N–H and O–H groups in total. The number of aliphatic hydroxyl groups excluding tert-OH is 1. The molecule has 0 aliphatic rings. The lowest BCUT2D eigenvalue weighted by atomic mass is 9.91. The van der Waals surface area contributed by atoms with Gasteiger partial charge in [0.15, 0.2) is 0 Å². The van der Waals surface area contributed by atoms with Gasteiger partial charge in [-0.25, -0.2) is 0 Å². The van der Waals surface area contributed by atoms with Crippen LogP contribution in [0, 0.1) is 0 Å². The second kappa shape index (κ2) is 6.66. The highest BCUT2D eigenvalue weighted by Crippen LogP contribution is 2.36. The first-order valence-electron chi connectivity index (χ1n) is 6.37. The lowest BCUT2D eigenvalue weighted by Crippen LogP contribution is -2.20. The Kier molecular flexibility index (Phi) is 5.16. The third kappa shape index (κ3) is 3.26. The van der Waals surface area contributed by atoms with Crippen molar-refractivity contribution in [1.29, 1.82) is 0 Å². The fourth-order valence-corrected chi connectivity index (χ4v) is 3.73. The van der Waals surface area contributed by atoms with Crippen LogP contribution in [-0.4, -0.2) is 11.7 Å². The largest absolute Gasteiger partial charge is 0.387 e. The van der Waals surface area contributed by atoms with E-state index in [0.717, 1.165) is 21.3 Å². The van der Waals surface area contributed by atoms with Crippen molar-refractivity contribution in [2.24, 2.45) is 5.73 Å². The van der Waals surface area contributed by atoms with Crippen LogP contribution in [0.5, 0.6) is 0 Å². The first-order valence-corrected chi connectivity index (χ1v) is 8.04. The van der Waals surface area contributed by atoms with Crippen molar-refractivity contribution in [3.63, 3.8) is 0 Å². The van der Waals surface area contributed by atoms with Gasteiger partial charge in [0.2, 0.25) is 0 Å². The highest BCUT2D eigenvalue weighted by atomic mass is 79.9. The maximum atomic E-state index is 10.6. The Morgan fingerprint density at radius 1 is 1.37 bits per heavy atom. The fraction of sp³-hybridized carbons (Fsp3) is 0.333. The highest BCUT2D eigenvalue weighted by Gasteiger charge is 2.24. The number of benzene rings is 1. The Morgan fingerprint density at radius 3 is 2.79 bits per heavy atom. The van der Waals surface area contributed by atoms with Crippen molar-refractivity contribution in [1.82, 2.24) is 0 Å². The normalized spacial score (nSPS) is 14.3. The summed E-state index contributed by atoms with van der Waals surface area (Å²) in [4.78, 5) is 1.04. The maximum Gasteiger partial charge on any atom is 0.0965 e. The molecule has 19 heavy (non-hydrogen) atoms. The Hall–Kier alpha value is -0.680. The summed E-state index contributed by atoms with van der Waals surface area (Å²) in [6, 6.07) is 10.1. The number of aryl methyl sites for hydroxylation is 1. The van der Waals surface area contributed by atoms with Gasteiger partial charge in [-0.2, -0.15) is 0 Å². The minimum atomic E-state index is -0.533. The molecule has 0 spiro atoms. The number of halogens is 1. The predicted molar refractivity (Wildman–Crippen MR) is 84.6 cm³/mol. The van der Waals surface area contributed by atoms with Gasteiger partial charge in [0.05, 0.1) is 6.10 Å². The zero-order valence-corrected chi connectivity index (χ0v) is 13.2. The fourth-order valence-electron chi connectivity index (χ4n) is 2.27. The molecule has 1 aromatic heterocycles. The summed E-state index contributed by atoms with van der Waals surface area (Å²) in [6.07, 6.45) is 0.403. The molecule has 2 unspecified atom stereocenters. The Balaban J connectivity index is 2.32. The predicted octanol–water partition coefficient (Wildman–Crippen LogP) is 3.85. The molecule has 0 amide bonds. The van der Waals surface area contributed by atoms with E-state index >= 15 is 0 Å². The molecule has 1 aromatic carbocycles. The first-order chi connectivity index (χ1) is 9.17. The summed E-state index contributed by atoms with van der Waals surface area (Å²) < 4.78 is 1.01. The molecule has 0 bridgehead atoms. The SMILES string of the molecule is CCc1ccsc1C(O)C(CN)c1cccc(Br)c1. The quantitative estimate of drug-likeness (QED) is 0.868. The van der Waals surface area contributed by atoms with E-state index in [1.165, 1.54) is 5.56 Å². The van der Waals surface area contributed by atoms with Gasteiger partial charge in [0.1, 0.15) is 0 Å². The van der Waals surface area contributed by atoms with Crippen LogP contribution in [0.2, 0.25) is 0 Å². The summed E-state index contributed by atoms with van der Waals surface area (Å²) in [6.45, 7) is 2.54. The average Bonchev–Trinajstić information content (AvgIpc) is 2.87. The summed E-state index contributed by atoms with van der Waals surface area (Å²) in [5.41, 5.74) is 8.17. The summed E-state index contributed by atoms with van der Waals surface area (Å²) in [5, 5.41) is 12.7. The molecule has 0 radical (unpaired) electrons. The summed E-state index contributed by atoms with van der Waals surface area (Å²) in [7, 11) is 0. The number of thiophene rings is 1. The topological polar surface area (TPSA) is 46.2 Å².